The van der Waals surface area contributed by atoms with Gasteiger partial charge in [-0.3, -0.25) is 4.98 Å². The molecule has 8 heteroatoms. The van der Waals surface area contributed by atoms with E-state index in [1.54, 1.807) is 30.3 Å². The van der Waals surface area contributed by atoms with Crippen LogP contribution >= 0.6 is 0 Å². The number of fused-ring (bicyclic) bond motifs is 1. The van der Waals surface area contributed by atoms with Gasteiger partial charge in [-0.05, 0) is 60.0 Å². The summed E-state index contributed by atoms with van der Waals surface area (Å²) < 4.78 is 52.9. The molecule has 0 spiro atoms. The molecular weight excluding hydrogens is 399 g/mol. The minimum atomic E-state index is -4.46. The Bertz CT molecular complexity index is 1120. The number of halogens is 3. The van der Waals surface area contributed by atoms with Gasteiger partial charge in [0.1, 0.15) is 5.69 Å². The number of nitrogens with zero attached hydrogens (tertiary/aromatic N) is 3. The molecule has 1 unspecified atom stereocenters. The third-order valence-corrected chi connectivity index (χ3v) is 6.37. The number of pyridine rings is 1. The number of benzene rings is 2. The fourth-order valence-corrected chi connectivity index (χ4v) is 4.64. The van der Waals surface area contributed by atoms with Gasteiger partial charge >= 0.3 is 6.18 Å². The first-order valence-corrected chi connectivity index (χ1v) is 9.99. The van der Waals surface area contributed by atoms with Crippen LogP contribution < -0.4 is 4.31 Å². The molecule has 4 rings (SSSR count). The highest BCUT2D eigenvalue weighted by Gasteiger charge is 2.32. The molecule has 0 saturated carbocycles. The van der Waals surface area contributed by atoms with Crippen molar-refractivity contribution < 1.29 is 17.4 Å². The molecule has 0 bridgehead atoms. The van der Waals surface area contributed by atoms with Crippen molar-refractivity contribution in [3.8, 4) is 17.2 Å². The van der Waals surface area contributed by atoms with Gasteiger partial charge in [0.25, 0.3) is 0 Å². The summed E-state index contributed by atoms with van der Waals surface area (Å²) in [5.41, 5.74) is 2.77. The zero-order chi connectivity index (χ0) is 20.6. The Hall–Kier alpha value is -3.18. The Labute approximate surface area is 167 Å². The number of anilines is 1. The average molecular weight is 414 g/mol. The van der Waals surface area contributed by atoms with E-state index in [-0.39, 0.29) is 0 Å². The smallest absolute Gasteiger partial charge is 0.251 e. The van der Waals surface area contributed by atoms with Crippen molar-refractivity contribution in [3.05, 3.63) is 77.6 Å². The van der Waals surface area contributed by atoms with Crippen LogP contribution in [0.2, 0.25) is 0 Å². The van der Waals surface area contributed by atoms with Gasteiger partial charge in [0.2, 0.25) is 0 Å². The van der Waals surface area contributed by atoms with E-state index < -0.39 is 22.9 Å². The van der Waals surface area contributed by atoms with E-state index in [0.717, 1.165) is 22.9 Å². The molecule has 1 aliphatic heterocycles. The SMILES string of the molecule is N#Cc1ccc([SH+](=O)N2CCc3cc(-c4ccc(C(F)(F)F)nc4)ccc32)cc1. The van der Waals surface area contributed by atoms with E-state index in [9.17, 15) is 17.4 Å². The number of rotatable bonds is 3. The highest BCUT2D eigenvalue weighted by Crippen LogP contribution is 2.35. The lowest BCUT2D eigenvalue weighted by Crippen LogP contribution is -2.22. The summed E-state index contributed by atoms with van der Waals surface area (Å²) in [6.45, 7) is 0.583. The number of hydrogen-bond acceptors (Lipinski definition) is 3. The highest BCUT2D eigenvalue weighted by atomic mass is 32.2. The lowest BCUT2D eigenvalue weighted by molar-refractivity contribution is -0.141. The van der Waals surface area contributed by atoms with Crippen LogP contribution in [0.15, 0.2) is 65.7 Å². The van der Waals surface area contributed by atoms with Gasteiger partial charge < -0.3 is 0 Å². The standard InChI is InChI=1S/C21H14F3N3OS/c22-21(23,24)20-8-4-17(13-26-20)15-3-7-19-16(11-15)9-10-27(19)29(28)18-5-1-14(12-25)2-6-18/h1-8,11,13H,9-10H2/p+1. The Morgan fingerprint density at radius 2 is 1.76 bits per heavy atom. The molecule has 2 aromatic carbocycles. The molecule has 146 valence electrons. The average Bonchev–Trinajstić information content (AvgIpc) is 3.16. The van der Waals surface area contributed by atoms with Crippen LogP contribution in [-0.4, -0.2) is 11.5 Å². The summed E-state index contributed by atoms with van der Waals surface area (Å²) in [7, 11) is -1.83. The second-order valence-corrected chi connectivity index (χ2v) is 8.12. The summed E-state index contributed by atoms with van der Waals surface area (Å²) >= 11 is 0. The second-order valence-electron chi connectivity index (χ2n) is 6.58. The predicted molar refractivity (Wildman–Crippen MR) is 105 cm³/mol. The van der Waals surface area contributed by atoms with E-state index in [1.165, 1.54) is 12.3 Å². The third kappa shape index (κ3) is 3.74. The van der Waals surface area contributed by atoms with Gasteiger partial charge in [-0.15, -0.1) is 0 Å². The Morgan fingerprint density at radius 1 is 1.03 bits per heavy atom. The minimum Gasteiger partial charge on any atom is -0.251 e. The van der Waals surface area contributed by atoms with Crippen molar-refractivity contribution >= 4 is 16.7 Å². The van der Waals surface area contributed by atoms with Crippen molar-refractivity contribution in [1.29, 1.82) is 5.26 Å². The van der Waals surface area contributed by atoms with Gasteiger partial charge in [0.05, 0.1) is 23.9 Å². The van der Waals surface area contributed by atoms with Crippen molar-refractivity contribution in [3.63, 3.8) is 0 Å². The molecule has 0 amide bonds. The molecule has 1 atom stereocenters. The van der Waals surface area contributed by atoms with Gasteiger partial charge in [0.15, 0.2) is 15.9 Å². The fraction of sp³-hybridized carbons (Fsp3) is 0.143. The van der Waals surface area contributed by atoms with E-state index in [2.05, 4.69) is 4.98 Å². The number of thiol groups is 1. The van der Waals surface area contributed by atoms with E-state index >= 15 is 0 Å². The van der Waals surface area contributed by atoms with E-state index in [4.69, 9.17) is 5.26 Å². The van der Waals surface area contributed by atoms with Gasteiger partial charge in [-0.25, -0.2) is 0 Å². The number of nitriles is 1. The van der Waals surface area contributed by atoms with Crippen molar-refractivity contribution in [2.45, 2.75) is 17.5 Å². The zero-order valence-electron chi connectivity index (χ0n) is 15.0. The first kappa shape index (κ1) is 19.2. The van der Waals surface area contributed by atoms with Gasteiger partial charge in [-0.1, -0.05) is 16.3 Å². The maximum absolute atomic E-state index is 13.0. The molecule has 0 saturated heterocycles. The number of aromatic nitrogens is 1. The molecule has 0 fully saturated rings. The molecule has 1 aromatic heterocycles. The summed E-state index contributed by atoms with van der Waals surface area (Å²) in [6, 6.07) is 16.6. The lowest BCUT2D eigenvalue weighted by atomic mass is 10.0. The summed E-state index contributed by atoms with van der Waals surface area (Å²) in [6.07, 6.45) is -2.56. The molecule has 2 heterocycles. The predicted octanol–water partition coefficient (Wildman–Crippen LogP) is 4.67. The zero-order valence-corrected chi connectivity index (χ0v) is 15.9. The maximum Gasteiger partial charge on any atom is 0.433 e. The van der Waals surface area contributed by atoms with E-state index in [1.807, 2.05) is 22.5 Å². The molecule has 29 heavy (non-hydrogen) atoms. The molecule has 0 radical (unpaired) electrons. The first-order valence-electron chi connectivity index (χ1n) is 8.78. The van der Waals surface area contributed by atoms with Crippen molar-refractivity contribution in [2.24, 2.45) is 0 Å². The largest absolute Gasteiger partial charge is 0.433 e. The fourth-order valence-electron chi connectivity index (χ4n) is 3.29. The van der Waals surface area contributed by atoms with Gasteiger partial charge in [0, 0.05) is 11.8 Å². The molecule has 0 aliphatic carbocycles. The maximum atomic E-state index is 13.0. The van der Waals surface area contributed by atoms with Gasteiger partial charge in [-0.2, -0.15) is 22.7 Å². The van der Waals surface area contributed by atoms with Crippen LogP contribution in [0.3, 0.4) is 0 Å². The Kier molecular flexibility index (Phi) is 4.84. The van der Waals surface area contributed by atoms with E-state index in [0.29, 0.717) is 29.0 Å². The monoisotopic (exact) mass is 414 g/mol. The lowest BCUT2D eigenvalue weighted by Gasteiger charge is -2.13. The normalized spacial score (nSPS) is 14.3. The highest BCUT2D eigenvalue weighted by molar-refractivity contribution is 7.86. The number of hydrogen-bond donors (Lipinski definition) is 0. The molecule has 4 nitrogen and oxygen atoms in total. The quantitative estimate of drug-likeness (QED) is 0.462. The summed E-state index contributed by atoms with van der Waals surface area (Å²) in [5, 5.41) is 8.89. The van der Waals surface area contributed by atoms with Crippen LogP contribution in [0.1, 0.15) is 16.8 Å². The minimum absolute atomic E-state index is 0.508. The van der Waals surface area contributed by atoms with Crippen molar-refractivity contribution in [2.75, 3.05) is 10.8 Å². The summed E-state index contributed by atoms with van der Waals surface area (Å²) in [5.74, 6) is 0. The Morgan fingerprint density at radius 3 is 2.38 bits per heavy atom. The van der Waals surface area contributed by atoms with Crippen molar-refractivity contribution in [1.82, 2.24) is 4.98 Å². The van der Waals surface area contributed by atoms with Crippen LogP contribution in [0.25, 0.3) is 11.1 Å². The molecule has 3 aromatic rings. The van der Waals surface area contributed by atoms with Crippen LogP contribution in [0.5, 0.6) is 0 Å². The molecule has 1 aliphatic rings. The first-order chi connectivity index (χ1) is 13.9. The molecule has 0 N–H and O–H groups in total. The summed E-state index contributed by atoms with van der Waals surface area (Å²) in [4.78, 5) is 4.15. The van der Waals surface area contributed by atoms with Crippen LogP contribution in [-0.2, 0) is 27.8 Å². The van der Waals surface area contributed by atoms with Crippen LogP contribution in [0, 0.1) is 11.3 Å². The molecular formula is C21H15F3N3OS+. The Balaban J connectivity index is 1.59. The van der Waals surface area contributed by atoms with Crippen LogP contribution in [0.4, 0.5) is 18.9 Å². The third-order valence-electron chi connectivity index (χ3n) is 4.77. The topological polar surface area (TPSA) is 57.0 Å². The number of alkyl halides is 3. The second kappa shape index (κ2) is 7.33.